The monoisotopic (exact) mass is 283 g/mol. The lowest BCUT2D eigenvalue weighted by molar-refractivity contribution is -0.123. The Labute approximate surface area is 122 Å². The van der Waals surface area contributed by atoms with E-state index in [9.17, 15) is 9.59 Å². The predicted octanol–water partition coefficient (Wildman–Crippen LogP) is 3.92. The van der Waals surface area contributed by atoms with Crippen molar-refractivity contribution >= 4 is 11.9 Å². The van der Waals surface area contributed by atoms with Gasteiger partial charge in [0.05, 0.1) is 6.04 Å². The second-order valence-electron chi connectivity index (χ2n) is 6.74. The summed E-state index contributed by atoms with van der Waals surface area (Å²) in [5.74, 6) is 0.0684. The molecule has 2 atom stereocenters. The Morgan fingerprint density at radius 1 is 1.20 bits per heavy atom. The van der Waals surface area contributed by atoms with Gasteiger partial charge in [-0.05, 0) is 47.0 Å². The van der Waals surface area contributed by atoms with Crippen LogP contribution >= 0.6 is 0 Å². The minimum absolute atomic E-state index is 0.0684. The maximum atomic E-state index is 12.5. The number of carbonyl (C=O) groups excluding carboxylic acids is 2. The summed E-state index contributed by atoms with van der Waals surface area (Å²) < 4.78 is 5.52. The van der Waals surface area contributed by atoms with Gasteiger partial charge < -0.3 is 4.74 Å². The molecule has 1 amide bonds. The number of hydrogen-bond donors (Lipinski definition) is 0. The molecule has 20 heavy (non-hydrogen) atoms. The zero-order valence-corrected chi connectivity index (χ0v) is 13.6. The fraction of sp³-hybridized carbons (Fsp3) is 0.875. The quantitative estimate of drug-likeness (QED) is 0.788. The van der Waals surface area contributed by atoms with Crippen LogP contribution in [0.3, 0.4) is 0 Å². The van der Waals surface area contributed by atoms with Gasteiger partial charge >= 0.3 is 6.09 Å². The summed E-state index contributed by atoms with van der Waals surface area (Å²) in [5.41, 5.74) is -0.526. The topological polar surface area (TPSA) is 46.6 Å². The van der Waals surface area contributed by atoms with E-state index in [1.165, 1.54) is 0 Å². The molecule has 0 bridgehead atoms. The van der Waals surface area contributed by atoms with Crippen LogP contribution < -0.4 is 0 Å². The fourth-order valence-corrected chi connectivity index (χ4v) is 2.86. The van der Waals surface area contributed by atoms with E-state index in [4.69, 9.17) is 4.74 Å². The summed E-state index contributed by atoms with van der Waals surface area (Å²) in [6.07, 6.45) is 5.42. The molecule has 116 valence electrons. The Bertz CT molecular complexity index is 346. The van der Waals surface area contributed by atoms with Crippen LogP contribution in [0.4, 0.5) is 4.79 Å². The molecule has 4 heteroatoms. The number of rotatable bonds is 3. The summed E-state index contributed by atoms with van der Waals surface area (Å²) in [5, 5.41) is 0. The van der Waals surface area contributed by atoms with Crippen LogP contribution in [-0.2, 0) is 9.53 Å². The smallest absolute Gasteiger partial charge is 0.411 e. The summed E-state index contributed by atoms with van der Waals surface area (Å²) in [7, 11) is 0. The molecule has 1 heterocycles. The van der Waals surface area contributed by atoms with E-state index in [0.29, 0.717) is 0 Å². The molecule has 1 saturated heterocycles. The number of carbonyl (C=O) groups is 2. The SMILES string of the molecule is CCC[C@@H]1CCCC[C@H](C(C)=O)N1C(=O)OC(C)(C)C. The molecular formula is C16H29NO3. The van der Waals surface area contributed by atoms with Crippen LogP contribution in [0, 0.1) is 0 Å². The highest BCUT2D eigenvalue weighted by atomic mass is 16.6. The molecule has 0 aromatic heterocycles. The number of ketones is 1. The summed E-state index contributed by atoms with van der Waals surface area (Å²) >= 11 is 0. The molecule has 0 spiro atoms. The third-order valence-electron chi connectivity index (χ3n) is 3.69. The van der Waals surface area contributed by atoms with Gasteiger partial charge in [0, 0.05) is 6.04 Å². The lowest BCUT2D eigenvalue weighted by Gasteiger charge is -2.36. The predicted molar refractivity (Wildman–Crippen MR) is 79.7 cm³/mol. The van der Waals surface area contributed by atoms with Gasteiger partial charge in [0.1, 0.15) is 5.60 Å². The Hall–Kier alpha value is -1.06. The van der Waals surface area contributed by atoms with Crippen LogP contribution in [0.1, 0.15) is 73.1 Å². The van der Waals surface area contributed by atoms with Gasteiger partial charge in [-0.25, -0.2) is 4.79 Å². The molecule has 0 radical (unpaired) electrons. The molecule has 4 nitrogen and oxygen atoms in total. The van der Waals surface area contributed by atoms with E-state index in [1.54, 1.807) is 11.8 Å². The highest BCUT2D eigenvalue weighted by Gasteiger charge is 2.37. The Morgan fingerprint density at radius 3 is 2.30 bits per heavy atom. The van der Waals surface area contributed by atoms with Gasteiger partial charge in [-0.1, -0.05) is 26.2 Å². The van der Waals surface area contributed by atoms with Gasteiger partial charge in [0.2, 0.25) is 0 Å². The number of nitrogens with zero attached hydrogens (tertiary/aromatic N) is 1. The normalized spacial score (nSPS) is 24.1. The minimum atomic E-state index is -0.526. The van der Waals surface area contributed by atoms with Crippen molar-refractivity contribution in [2.24, 2.45) is 0 Å². The molecule has 1 aliphatic rings. The van der Waals surface area contributed by atoms with Crippen LogP contribution in [0.25, 0.3) is 0 Å². The zero-order valence-electron chi connectivity index (χ0n) is 13.6. The molecule has 0 aromatic carbocycles. The minimum Gasteiger partial charge on any atom is -0.444 e. The van der Waals surface area contributed by atoms with Gasteiger partial charge in [-0.2, -0.15) is 0 Å². The third kappa shape index (κ3) is 4.80. The van der Waals surface area contributed by atoms with Gasteiger partial charge in [0.15, 0.2) is 5.78 Å². The van der Waals surface area contributed by atoms with Gasteiger partial charge in [0.25, 0.3) is 0 Å². The van der Waals surface area contributed by atoms with Crippen molar-refractivity contribution in [2.75, 3.05) is 0 Å². The molecule has 1 fully saturated rings. The molecule has 0 N–H and O–H groups in total. The van der Waals surface area contributed by atoms with E-state index in [-0.39, 0.29) is 24.0 Å². The molecule has 0 aromatic rings. The van der Waals surface area contributed by atoms with Crippen molar-refractivity contribution in [3.63, 3.8) is 0 Å². The van der Waals surface area contributed by atoms with Crippen LogP contribution in [0.2, 0.25) is 0 Å². The van der Waals surface area contributed by atoms with E-state index < -0.39 is 5.60 Å². The van der Waals surface area contributed by atoms with Crippen molar-refractivity contribution in [3.05, 3.63) is 0 Å². The highest BCUT2D eigenvalue weighted by molar-refractivity contribution is 5.85. The Balaban J connectivity index is 2.98. The number of amides is 1. The molecule has 0 aliphatic carbocycles. The molecule has 0 unspecified atom stereocenters. The number of ether oxygens (including phenoxy) is 1. The average Bonchev–Trinajstić information content (AvgIpc) is 2.49. The molecule has 0 saturated carbocycles. The van der Waals surface area contributed by atoms with Crippen molar-refractivity contribution in [1.82, 2.24) is 4.90 Å². The van der Waals surface area contributed by atoms with Crippen LogP contribution in [-0.4, -0.2) is 34.5 Å². The second-order valence-corrected chi connectivity index (χ2v) is 6.74. The summed E-state index contributed by atoms with van der Waals surface area (Å²) in [6.45, 7) is 9.28. The van der Waals surface area contributed by atoms with Crippen molar-refractivity contribution in [3.8, 4) is 0 Å². The van der Waals surface area contributed by atoms with E-state index in [1.807, 2.05) is 20.8 Å². The first-order valence-electron chi connectivity index (χ1n) is 7.78. The Morgan fingerprint density at radius 2 is 1.80 bits per heavy atom. The average molecular weight is 283 g/mol. The largest absolute Gasteiger partial charge is 0.444 e. The Kier molecular flexibility index (Phi) is 6.03. The highest BCUT2D eigenvalue weighted by Crippen LogP contribution is 2.27. The maximum absolute atomic E-state index is 12.5. The van der Waals surface area contributed by atoms with E-state index in [2.05, 4.69) is 6.92 Å². The lowest BCUT2D eigenvalue weighted by atomic mass is 10.0. The first-order valence-corrected chi connectivity index (χ1v) is 7.78. The van der Waals surface area contributed by atoms with Crippen molar-refractivity contribution in [2.45, 2.75) is 90.8 Å². The second kappa shape index (κ2) is 7.09. The summed E-state index contributed by atoms with van der Waals surface area (Å²) in [6, 6.07) is -0.185. The number of Topliss-reactive ketones (excluding diaryl/α,β-unsaturated/α-hetero) is 1. The fourth-order valence-electron chi connectivity index (χ4n) is 2.86. The van der Waals surface area contributed by atoms with Crippen LogP contribution in [0.5, 0.6) is 0 Å². The third-order valence-corrected chi connectivity index (χ3v) is 3.69. The number of likely N-dealkylation sites (tertiary alicyclic amines) is 1. The number of hydrogen-bond acceptors (Lipinski definition) is 3. The molecule has 1 rings (SSSR count). The van der Waals surface area contributed by atoms with Crippen molar-refractivity contribution < 1.29 is 14.3 Å². The van der Waals surface area contributed by atoms with Crippen LogP contribution in [0.15, 0.2) is 0 Å². The first-order chi connectivity index (χ1) is 9.26. The van der Waals surface area contributed by atoms with Gasteiger partial charge in [-0.3, -0.25) is 9.69 Å². The van der Waals surface area contributed by atoms with E-state index in [0.717, 1.165) is 38.5 Å². The standard InChI is InChI=1S/C16H29NO3/c1-6-9-13-10-7-8-11-14(12(2)18)17(13)15(19)20-16(3,4)5/h13-14H,6-11H2,1-5H3/t13-,14-/m1/s1. The maximum Gasteiger partial charge on any atom is 0.411 e. The van der Waals surface area contributed by atoms with Crippen molar-refractivity contribution in [1.29, 1.82) is 0 Å². The summed E-state index contributed by atoms with van der Waals surface area (Å²) in [4.78, 5) is 26.2. The lowest BCUT2D eigenvalue weighted by Crippen LogP contribution is -2.50. The first kappa shape index (κ1) is 17.0. The van der Waals surface area contributed by atoms with Gasteiger partial charge in [-0.15, -0.1) is 0 Å². The molecular weight excluding hydrogens is 254 g/mol. The van der Waals surface area contributed by atoms with E-state index >= 15 is 0 Å². The molecule has 1 aliphatic heterocycles. The zero-order chi connectivity index (χ0) is 15.3.